The highest BCUT2D eigenvalue weighted by molar-refractivity contribution is 9.10. The van der Waals surface area contributed by atoms with E-state index in [0.717, 1.165) is 10.0 Å². The van der Waals surface area contributed by atoms with Gasteiger partial charge in [-0.1, -0.05) is 28.1 Å². The number of H-pyrrole nitrogens is 1. The molecule has 0 bridgehead atoms. The fourth-order valence-corrected chi connectivity index (χ4v) is 3.07. The van der Waals surface area contributed by atoms with Crippen molar-refractivity contribution in [2.75, 3.05) is 7.05 Å². The molecule has 1 heterocycles. The summed E-state index contributed by atoms with van der Waals surface area (Å²) in [5, 5.41) is 2.78. The predicted molar refractivity (Wildman–Crippen MR) is 81.2 cm³/mol. The number of benzene rings is 1. The van der Waals surface area contributed by atoms with Crippen LogP contribution in [0.5, 0.6) is 0 Å². The summed E-state index contributed by atoms with van der Waals surface area (Å²) in [4.78, 5) is 7.21. The third-order valence-electron chi connectivity index (χ3n) is 4.22. The predicted octanol–water partition coefficient (Wildman–Crippen LogP) is 4.44. The van der Waals surface area contributed by atoms with Crippen LogP contribution in [0.2, 0.25) is 0 Å². The molecule has 7 heteroatoms. The molecule has 1 unspecified atom stereocenters. The van der Waals surface area contributed by atoms with Gasteiger partial charge in [0.05, 0.1) is 23.3 Å². The van der Waals surface area contributed by atoms with Crippen LogP contribution < -0.4 is 5.32 Å². The van der Waals surface area contributed by atoms with Gasteiger partial charge in [-0.25, -0.2) is 4.98 Å². The molecule has 0 saturated heterocycles. The Labute approximate surface area is 134 Å². The Balaban J connectivity index is 1.91. The summed E-state index contributed by atoms with van der Waals surface area (Å²) in [5.74, 6) is 0.329. The minimum absolute atomic E-state index is 0.135. The van der Waals surface area contributed by atoms with Gasteiger partial charge in [0, 0.05) is 4.47 Å². The highest BCUT2D eigenvalue weighted by atomic mass is 79.9. The van der Waals surface area contributed by atoms with E-state index < -0.39 is 17.6 Å². The number of halogens is 4. The molecule has 0 aliphatic heterocycles. The molecule has 1 aliphatic rings. The Morgan fingerprint density at radius 1 is 1.27 bits per heavy atom. The van der Waals surface area contributed by atoms with Crippen LogP contribution in [0.3, 0.4) is 0 Å². The monoisotopic (exact) mass is 373 g/mol. The Hall–Kier alpha value is -1.34. The molecule has 3 nitrogen and oxygen atoms in total. The van der Waals surface area contributed by atoms with Crippen LogP contribution in [0.15, 0.2) is 34.9 Å². The molecule has 1 atom stereocenters. The first kappa shape index (κ1) is 15.6. The summed E-state index contributed by atoms with van der Waals surface area (Å²) < 4.78 is 40.9. The highest BCUT2D eigenvalue weighted by Crippen LogP contribution is 2.63. The van der Waals surface area contributed by atoms with Gasteiger partial charge < -0.3 is 10.3 Å². The summed E-state index contributed by atoms with van der Waals surface area (Å²) in [5.41, 5.74) is -0.106. The zero-order chi connectivity index (χ0) is 16.0. The zero-order valence-corrected chi connectivity index (χ0v) is 13.4. The van der Waals surface area contributed by atoms with Crippen LogP contribution in [-0.4, -0.2) is 23.2 Å². The second-order valence-corrected chi connectivity index (χ2v) is 6.48. The SMILES string of the molecule is CNC(c1ncc(-c2ccc(Br)cc2)[nH]1)C1(C(F)(F)F)CC1. The molecule has 1 saturated carbocycles. The van der Waals surface area contributed by atoms with E-state index in [4.69, 9.17) is 0 Å². The molecule has 3 rings (SSSR count). The molecule has 1 aromatic carbocycles. The number of hydrogen-bond acceptors (Lipinski definition) is 2. The average Bonchev–Trinajstić information content (AvgIpc) is 3.13. The van der Waals surface area contributed by atoms with Crippen LogP contribution in [0.25, 0.3) is 11.3 Å². The zero-order valence-electron chi connectivity index (χ0n) is 11.8. The van der Waals surface area contributed by atoms with Crippen molar-refractivity contribution < 1.29 is 13.2 Å². The molecular formula is C15H15BrF3N3. The van der Waals surface area contributed by atoms with Crippen molar-refractivity contribution in [3.8, 4) is 11.3 Å². The molecule has 0 amide bonds. The standard InChI is InChI=1S/C15H15BrF3N3/c1-20-12(14(6-7-14)15(17,18)19)13-21-8-11(22-13)9-2-4-10(16)5-3-9/h2-5,8,12,20H,6-7H2,1H3,(H,21,22). The fourth-order valence-electron chi connectivity index (χ4n) is 2.80. The quantitative estimate of drug-likeness (QED) is 0.831. The lowest BCUT2D eigenvalue weighted by molar-refractivity contribution is -0.196. The smallest absolute Gasteiger partial charge is 0.341 e. The van der Waals surface area contributed by atoms with Gasteiger partial charge in [0.1, 0.15) is 5.82 Å². The van der Waals surface area contributed by atoms with Crippen molar-refractivity contribution in [1.29, 1.82) is 0 Å². The van der Waals surface area contributed by atoms with Crippen LogP contribution in [-0.2, 0) is 0 Å². The van der Waals surface area contributed by atoms with E-state index in [1.54, 1.807) is 6.20 Å². The number of imidazole rings is 1. The first-order chi connectivity index (χ1) is 10.4. The number of alkyl halides is 3. The number of aromatic amines is 1. The lowest BCUT2D eigenvalue weighted by Crippen LogP contribution is -2.38. The van der Waals surface area contributed by atoms with Gasteiger partial charge in [0.25, 0.3) is 0 Å². The maximum absolute atomic E-state index is 13.3. The Morgan fingerprint density at radius 3 is 2.41 bits per heavy atom. The maximum atomic E-state index is 13.3. The van der Waals surface area contributed by atoms with E-state index in [9.17, 15) is 13.2 Å². The van der Waals surface area contributed by atoms with Crippen LogP contribution in [0, 0.1) is 5.41 Å². The Morgan fingerprint density at radius 2 is 1.91 bits per heavy atom. The van der Waals surface area contributed by atoms with Crippen LogP contribution in [0.1, 0.15) is 24.7 Å². The molecule has 0 spiro atoms. The molecule has 0 radical (unpaired) electrons. The molecule has 1 aliphatic carbocycles. The van der Waals surface area contributed by atoms with E-state index >= 15 is 0 Å². The molecule has 22 heavy (non-hydrogen) atoms. The second-order valence-electron chi connectivity index (χ2n) is 5.56. The molecule has 1 fully saturated rings. The number of nitrogens with one attached hydrogen (secondary N) is 2. The first-order valence-electron chi connectivity index (χ1n) is 6.92. The fraction of sp³-hybridized carbons (Fsp3) is 0.400. The van der Waals surface area contributed by atoms with E-state index in [2.05, 4.69) is 31.2 Å². The van der Waals surface area contributed by atoms with Gasteiger partial charge >= 0.3 is 6.18 Å². The number of hydrogen-bond donors (Lipinski definition) is 2. The third kappa shape index (κ3) is 2.56. The summed E-state index contributed by atoms with van der Waals surface area (Å²) >= 11 is 3.35. The molecule has 1 aromatic heterocycles. The van der Waals surface area contributed by atoms with Gasteiger partial charge in [-0.3, -0.25) is 0 Å². The minimum Gasteiger partial charge on any atom is -0.341 e. The van der Waals surface area contributed by atoms with E-state index in [1.807, 2.05) is 24.3 Å². The van der Waals surface area contributed by atoms with Gasteiger partial charge in [-0.05, 0) is 37.6 Å². The van der Waals surface area contributed by atoms with Crippen molar-refractivity contribution in [2.45, 2.75) is 25.1 Å². The second kappa shape index (κ2) is 5.38. The summed E-state index contributed by atoms with van der Waals surface area (Å²) in [6.45, 7) is 0. The topological polar surface area (TPSA) is 40.7 Å². The van der Waals surface area contributed by atoms with E-state index in [0.29, 0.717) is 11.5 Å². The first-order valence-corrected chi connectivity index (χ1v) is 7.71. The maximum Gasteiger partial charge on any atom is 0.396 e. The third-order valence-corrected chi connectivity index (χ3v) is 4.75. The van der Waals surface area contributed by atoms with Crippen LogP contribution >= 0.6 is 15.9 Å². The number of rotatable bonds is 4. The van der Waals surface area contributed by atoms with E-state index in [-0.39, 0.29) is 12.8 Å². The van der Waals surface area contributed by atoms with Crippen LogP contribution in [0.4, 0.5) is 13.2 Å². The minimum atomic E-state index is -4.23. The number of aromatic nitrogens is 2. The number of nitrogens with zero attached hydrogens (tertiary/aromatic N) is 1. The summed E-state index contributed by atoms with van der Waals surface area (Å²) in [6, 6.07) is 6.67. The Kier molecular flexibility index (Phi) is 3.81. The highest BCUT2D eigenvalue weighted by Gasteiger charge is 2.67. The van der Waals surface area contributed by atoms with Crippen molar-refractivity contribution in [3.05, 3.63) is 40.8 Å². The van der Waals surface area contributed by atoms with Gasteiger partial charge in [0.15, 0.2) is 0 Å². The van der Waals surface area contributed by atoms with Crippen molar-refractivity contribution in [2.24, 2.45) is 5.41 Å². The van der Waals surface area contributed by atoms with Gasteiger partial charge in [-0.2, -0.15) is 13.2 Å². The summed E-state index contributed by atoms with van der Waals surface area (Å²) in [6.07, 6.45) is -2.38. The molecule has 2 N–H and O–H groups in total. The van der Waals surface area contributed by atoms with E-state index in [1.165, 1.54) is 7.05 Å². The van der Waals surface area contributed by atoms with Crippen molar-refractivity contribution in [1.82, 2.24) is 15.3 Å². The van der Waals surface area contributed by atoms with Gasteiger partial charge in [-0.15, -0.1) is 0 Å². The Bertz CT molecular complexity index is 659. The summed E-state index contributed by atoms with van der Waals surface area (Å²) in [7, 11) is 1.54. The van der Waals surface area contributed by atoms with Gasteiger partial charge in [0.2, 0.25) is 0 Å². The lowest BCUT2D eigenvalue weighted by Gasteiger charge is -2.27. The molecule has 2 aromatic rings. The largest absolute Gasteiger partial charge is 0.396 e. The van der Waals surface area contributed by atoms with Crippen molar-refractivity contribution >= 4 is 15.9 Å². The normalized spacial score (nSPS) is 18.2. The molecule has 118 valence electrons. The van der Waals surface area contributed by atoms with Crippen molar-refractivity contribution in [3.63, 3.8) is 0 Å². The lowest BCUT2D eigenvalue weighted by atomic mass is 9.95. The molecular weight excluding hydrogens is 359 g/mol. The average molecular weight is 374 g/mol.